The van der Waals surface area contributed by atoms with E-state index in [9.17, 15) is 9.18 Å². The minimum absolute atomic E-state index is 0.0682. The Hall–Kier alpha value is -2.44. The molecule has 0 saturated heterocycles. The van der Waals surface area contributed by atoms with Crippen molar-refractivity contribution < 1.29 is 9.18 Å². The summed E-state index contributed by atoms with van der Waals surface area (Å²) in [4.78, 5) is 23.2. The molecule has 1 amide bonds. The number of aromatic nitrogens is 2. The van der Waals surface area contributed by atoms with Crippen LogP contribution in [0.3, 0.4) is 0 Å². The number of thioether (sulfide) groups is 1. The number of benzene rings is 2. The Balaban J connectivity index is 1.59. The molecule has 1 aromatic heterocycles. The second-order valence-electron chi connectivity index (χ2n) is 6.21. The smallest absolute Gasteiger partial charge is 0.254 e. The molecule has 0 unspecified atom stereocenters. The van der Waals surface area contributed by atoms with Gasteiger partial charge in [-0.05, 0) is 41.6 Å². The Morgan fingerprint density at radius 1 is 1.22 bits per heavy atom. The standard InChI is InChI=1S/C20H15ClFN3OS/c1-27-20-23-7-6-18(24-20)13-3-4-14-11-25(19(26)15(14)9-13)10-12-2-5-16(21)17(22)8-12/h2-9H,10-11H2,1H3. The van der Waals surface area contributed by atoms with Crippen molar-refractivity contribution in [2.75, 3.05) is 6.26 Å². The van der Waals surface area contributed by atoms with Crippen LogP contribution in [0.5, 0.6) is 0 Å². The maximum Gasteiger partial charge on any atom is 0.254 e. The summed E-state index contributed by atoms with van der Waals surface area (Å²) in [5.41, 5.74) is 3.98. The quantitative estimate of drug-likeness (QED) is 0.466. The van der Waals surface area contributed by atoms with Crippen LogP contribution in [-0.2, 0) is 13.1 Å². The summed E-state index contributed by atoms with van der Waals surface area (Å²) >= 11 is 7.20. The highest BCUT2D eigenvalue weighted by atomic mass is 35.5. The third kappa shape index (κ3) is 3.55. The number of hydrogen-bond donors (Lipinski definition) is 0. The third-order valence-corrected chi connectivity index (χ3v) is 5.33. The zero-order chi connectivity index (χ0) is 19.0. The van der Waals surface area contributed by atoms with Crippen molar-refractivity contribution in [3.63, 3.8) is 0 Å². The monoisotopic (exact) mass is 399 g/mol. The predicted octanol–water partition coefficient (Wildman–Crippen LogP) is 4.81. The largest absolute Gasteiger partial charge is 0.330 e. The molecule has 3 aromatic rings. The lowest BCUT2D eigenvalue weighted by Crippen LogP contribution is -2.23. The first-order valence-corrected chi connectivity index (χ1v) is 9.89. The summed E-state index contributed by atoms with van der Waals surface area (Å²) in [5, 5.41) is 0.764. The van der Waals surface area contributed by atoms with Gasteiger partial charge in [0.2, 0.25) is 0 Å². The van der Waals surface area contributed by atoms with Crippen molar-refractivity contribution in [3.05, 3.63) is 76.2 Å². The van der Waals surface area contributed by atoms with Gasteiger partial charge >= 0.3 is 0 Å². The first-order chi connectivity index (χ1) is 13.0. The lowest BCUT2D eigenvalue weighted by atomic mass is 10.0. The number of carbonyl (C=O) groups is 1. The van der Waals surface area contributed by atoms with Crippen molar-refractivity contribution in [2.45, 2.75) is 18.2 Å². The Bertz CT molecular complexity index is 1040. The van der Waals surface area contributed by atoms with Crippen LogP contribution in [0, 0.1) is 5.82 Å². The van der Waals surface area contributed by atoms with E-state index in [2.05, 4.69) is 9.97 Å². The van der Waals surface area contributed by atoms with E-state index < -0.39 is 5.82 Å². The molecule has 0 fully saturated rings. The van der Waals surface area contributed by atoms with Gasteiger partial charge in [-0.2, -0.15) is 0 Å². The molecule has 0 N–H and O–H groups in total. The van der Waals surface area contributed by atoms with Crippen molar-refractivity contribution in [1.29, 1.82) is 0 Å². The van der Waals surface area contributed by atoms with Crippen LogP contribution in [0.2, 0.25) is 5.02 Å². The second-order valence-corrected chi connectivity index (χ2v) is 7.39. The van der Waals surface area contributed by atoms with Crippen LogP contribution in [0.1, 0.15) is 21.5 Å². The Labute approximate surface area is 165 Å². The zero-order valence-electron chi connectivity index (χ0n) is 14.4. The van der Waals surface area contributed by atoms with E-state index in [0.717, 1.165) is 16.8 Å². The molecule has 1 aliphatic heterocycles. The Morgan fingerprint density at radius 3 is 2.85 bits per heavy atom. The van der Waals surface area contributed by atoms with E-state index in [4.69, 9.17) is 11.6 Å². The van der Waals surface area contributed by atoms with Crippen LogP contribution in [-0.4, -0.2) is 27.0 Å². The van der Waals surface area contributed by atoms with E-state index in [-0.39, 0.29) is 10.9 Å². The van der Waals surface area contributed by atoms with Gasteiger partial charge in [-0.3, -0.25) is 4.79 Å². The van der Waals surface area contributed by atoms with Gasteiger partial charge in [-0.1, -0.05) is 41.6 Å². The topological polar surface area (TPSA) is 46.1 Å². The molecule has 27 heavy (non-hydrogen) atoms. The highest BCUT2D eigenvalue weighted by Crippen LogP contribution is 2.29. The fourth-order valence-corrected chi connectivity index (χ4v) is 3.58. The van der Waals surface area contributed by atoms with Gasteiger partial charge in [0.15, 0.2) is 5.16 Å². The van der Waals surface area contributed by atoms with Crippen LogP contribution in [0.15, 0.2) is 53.8 Å². The van der Waals surface area contributed by atoms with Crippen LogP contribution >= 0.6 is 23.4 Å². The molecule has 4 rings (SSSR count). The number of halogens is 2. The van der Waals surface area contributed by atoms with Gasteiger partial charge in [-0.15, -0.1) is 0 Å². The number of carbonyl (C=O) groups excluding carboxylic acids is 1. The molecular weight excluding hydrogens is 385 g/mol. The zero-order valence-corrected chi connectivity index (χ0v) is 16.0. The molecule has 0 radical (unpaired) electrons. The third-order valence-electron chi connectivity index (χ3n) is 4.46. The Kier molecular flexibility index (Phi) is 4.85. The molecule has 136 valence electrons. The lowest BCUT2D eigenvalue weighted by Gasteiger charge is -2.15. The predicted molar refractivity (Wildman–Crippen MR) is 104 cm³/mol. The van der Waals surface area contributed by atoms with E-state index in [0.29, 0.717) is 29.4 Å². The van der Waals surface area contributed by atoms with Crippen molar-refractivity contribution in [2.24, 2.45) is 0 Å². The molecule has 1 aliphatic rings. The minimum atomic E-state index is -0.478. The maximum absolute atomic E-state index is 13.7. The van der Waals surface area contributed by atoms with E-state index in [1.165, 1.54) is 23.9 Å². The van der Waals surface area contributed by atoms with Crippen molar-refractivity contribution in [1.82, 2.24) is 14.9 Å². The minimum Gasteiger partial charge on any atom is -0.330 e. The molecule has 2 heterocycles. The normalized spacial score (nSPS) is 13.1. The summed E-state index contributed by atoms with van der Waals surface area (Å²) < 4.78 is 13.7. The average molecular weight is 400 g/mol. The first-order valence-electron chi connectivity index (χ1n) is 8.28. The molecule has 0 aliphatic carbocycles. The highest BCUT2D eigenvalue weighted by molar-refractivity contribution is 7.98. The van der Waals surface area contributed by atoms with Gasteiger partial charge in [-0.25, -0.2) is 14.4 Å². The SMILES string of the molecule is CSc1nccc(-c2ccc3c(c2)C(=O)N(Cc2ccc(Cl)c(F)c2)C3)n1. The van der Waals surface area contributed by atoms with Gasteiger partial charge < -0.3 is 4.90 Å². The summed E-state index contributed by atoms with van der Waals surface area (Å²) in [5.74, 6) is -0.546. The average Bonchev–Trinajstić information content (AvgIpc) is 3.00. The van der Waals surface area contributed by atoms with E-state index >= 15 is 0 Å². The molecule has 4 nitrogen and oxygen atoms in total. The second kappa shape index (κ2) is 7.29. The number of amides is 1. The fraction of sp³-hybridized carbons (Fsp3) is 0.150. The van der Waals surface area contributed by atoms with E-state index in [1.807, 2.05) is 30.5 Å². The van der Waals surface area contributed by atoms with E-state index in [1.54, 1.807) is 17.2 Å². The van der Waals surface area contributed by atoms with Crippen LogP contribution in [0.25, 0.3) is 11.3 Å². The van der Waals surface area contributed by atoms with Crippen molar-refractivity contribution in [3.8, 4) is 11.3 Å². The molecule has 0 atom stereocenters. The highest BCUT2D eigenvalue weighted by Gasteiger charge is 2.28. The van der Waals surface area contributed by atoms with Crippen LogP contribution < -0.4 is 0 Å². The Morgan fingerprint density at radius 2 is 2.07 bits per heavy atom. The van der Waals surface area contributed by atoms with Crippen molar-refractivity contribution >= 4 is 29.3 Å². The molecule has 0 spiro atoms. The molecule has 0 bridgehead atoms. The summed E-state index contributed by atoms with van der Waals surface area (Å²) in [6.45, 7) is 0.833. The van der Waals surface area contributed by atoms with Gasteiger partial charge in [0, 0.05) is 30.4 Å². The molecule has 0 saturated carbocycles. The number of hydrogen-bond acceptors (Lipinski definition) is 4. The molecule has 7 heteroatoms. The van der Waals surface area contributed by atoms with Crippen LogP contribution in [0.4, 0.5) is 4.39 Å². The summed E-state index contributed by atoms with van der Waals surface area (Å²) in [7, 11) is 0. The lowest BCUT2D eigenvalue weighted by molar-refractivity contribution is 0.0766. The number of rotatable bonds is 4. The molecule has 2 aromatic carbocycles. The van der Waals surface area contributed by atoms with Gasteiger partial charge in [0.05, 0.1) is 10.7 Å². The number of nitrogens with zero attached hydrogens (tertiary/aromatic N) is 3. The van der Waals surface area contributed by atoms with Gasteiger partial charge in [0.1, 0.15) is 5.82 Å². The number of fused-ring (bicyclic) bond motifs is 1. The summed E-state index contributed by atoms with van der Waals surface area (Å²) in [6, 6.07) is 12.2. The molecular formula is C20H15ClFN3OS. The van der Waals surface area contributed by atoms with Gasteiger partial charge in [0.25, 0.3) is 5.91 Å². The fourth-order valence-electron chi connectivity index (χ4n) is 3.11. The maximum atomic E-state index is 13.7. The summed E-state index contributed by atoms with van der Waals surface area (Å²) in [6.07, 6.45) is 3.63. The first kappa shape index (κ1) is 17.9.